The second-order valence-electron chi connectivity index (χ2n) is 5.69. The predicted octanol–water partition coefficient (Wildman–Crippen LogP) is 3.22. The lowest BCUT2D eigenvalue weighted by molar-refractivity contribution is 0.437. The van der Waals surface area contributed by atoms with Crippen LogP contribution in [0.25, 0.3) is 11.0 Å². The van der Waals surface area contributed by atoms with Gasteiger partial charge < -0.3 is 9.88 Å². The fourth-order valence-electron chi connectivity index (χ4n) is 2.94. The van der Waals surface area contributed by atoms with Crippen LogP contribution in [0.3, 0.4) is 0 Å². The molecule has 2 aromatic rings. The van der Waals surface area contributed by atoms with Crippen molar-refractivity contribution in [1.29, 1.82) is 0 Å². The van der Waals surface area contributed by atoms with E-state index in [2.05, 4.69) is 16.5 Å². The maximum absolute atomic E-state index is 13.4. The van der Waals surface area contributed by atoms with Gasteiger partial charge in [0.05, 0.1) is 11.0 Å². The van der Waals surface area contributed by atoms with E-state index in [1.54, 1.807) is 0 Å². The summed E-state index contributed by atoms with van der Waals surface area (Å²) < 4.78 is 15.6. The summed E-state index contributed by atoms with van der Waals surface area (Å²) in [6, 6.07) is 4.84. The first kappa shape index (κ1) is 13.3. The fourth-order valence-corrected chi connectivity index (χ4v) is 2.94. The smallest absolute Gasteiger partial charge is 0.125 e. The third-order valence-electron chi connectivity index (χ3n) is 3.83. The van der Waals surface area contributed by atoms with Crippen LogP contribution in [0.2, 0.25) is 0 Å². The number of benzene rings is 1. The highest BCUT2D eigenvalue weighted by Gasteiger charge is 2.22. The lowest BCUT2D eigenvalue weighted by Gasteiger charge is -2.23. The molecule has 1 aliphatic rings. The summed E-state index contributed by atoms with van der Waals surface area (Å²) in [6.07, 6.45) is 2.30. The topological polar surface area (TPSA) is 29.9 Å². The van der Waals surface area contributed by atoms with Crippen LogP contribution in [0.15, 0.2) is 30.4 Å². The molecule has 0 radical (unpaired) electrons. The van der Waals surface area contributed by atoms with Crippen LogP contribution in [0.1, 0.15) is 31.5 Å². The highest BCUT2D eigenvalue weighted by Crippen LogP contribution is 2.27. The number of allylic oxidation sites excluding steroid dienone is 1. The fraction of sp³-hybridized carbons (Fsp3) is 0.438. The number of fused-ring (bicyclic) bond motifs is 1. The van der Waals surface area contributed by atoms with Crippen molar-refractivity contribution in [3.63, 3.8) is 0 Å². The summed E-state index contributed by atoms with van der Waals surface area (Å²) in [5.41, 5.74) is 2.82. The molecule has 1 aromatic carbocycles. The minimum absolute atomic E-state index is 0.231. The molecule has 0 amide bonds. The number of rotatable bonds is 3. The van der Waals surface area contributed by atoms with Gasteiger partial charge in [0.1, 0.15) is 11.6 Å². The lowest BCUT2D eigenvalue weighted by atomic mass is 9.99. The van der Waals surface area contributed by atoms with Crippen molar-refractivity contribution in [2.24, 2.45) is 0 Å². The molecular weight excluding hydrogens is 253 g/mol. The molecule has 0 saturated carbocycles. The molecular formula is C16H20FN3. The predicted molar refractivity (Wildman–Crippen MR) is 79.3 cm³/mol. The van der Waals surface area contributed by atoms with Crippen LogP contribution in [-0.2, 0) is 6.54 Å². The first-order valence-electron chi connectivity index (χ1n) is 7.16. The van der Waals surface area contributed by atoms with Crippen molar-refractivity contribution in [1.82, 2.24) is 14.9 Å². The molecule has 0 spiro atoms. The Morgan fingerprint density at radius 1 is 1.55 bits per heavy atom. The van der Waals surface area contributed by atoms with Crippen molar-refractivity contribution in [2.75, 3.05) is 13.1 Å². The molecule has 0 aliphatic carbocycles. The maximum atomic E-state index is 13.4. The molecule has 1 fully saturated rings. The van der Waals surface area contributed by atoms with Gasteiger partial charge in [-0.15, -0.1) is 0 Å². The second kappa shape index (κ2) is 5.37. The highest BCUT2D eigenvalue weighted by molar-refractivity contribution is 5.76. The van der Waals surface area contributed by atoms with Crippen molar-refractivity contribution in [3.8, 4) is 0 Å². The standard InChI is InChI=1S/C16H20FN3/c1-11(2)10-20-15-6-5-13(17)8-14(15)19-16(20)12-4-3-7-18-9-12/h5-6,8,12,18H,1,3-4,7,9-10H2,2H3. The average molecular weight is 273 g/mol. The van der Waals surface area contributed by atoms with E-state index in [9.17, 15) is 4.39 Å². The van der Waals surface area contributed by atoms with E-state index in [-0.39, 0.29) is 5.82 Å². The van der Waals surface area contributed by atoms with E-state index in [1.165, 1.54) is 12.1 Å². The van der Waals surface area contributed by atoms with Gasteiger partial charge in [-0.05, 0) is 38.4 Å². The van der Waals surface area contributed by atoms with E-state index in [0.29, 0.717) is 5.92 Å². The maximum Gasteiger partial charge on any atom is 0.125 e. The zero-order chi connectivity index (χ0) is 14.1. The Bertz CT molecular complexity index is 638. The van der Waals surface area contributed by atoms with Gasteiger partial charge in [-0.2, -0.15) is 0 Å². The van der Waals surface area contributed by atoms with Crippen LogP contribution >= 0.6 is 0 Å². The van der Waals surface area contributed by atoms with Gasteiger partial charge in [0.15, 0.2) is 0 Å². The zero-order valence-electron chi connectivity index (χ0n) is 11.8. The third kappa shape index (κ3) is 2.48. The summed E-state index contributed by atoms with van der Waals surface area (Å²) in [5.74, 6) is 1.23. The van der Waals surface area contributed by atoms with Crippen molar-refractivity contribution < 1.29 is 4.39 Å². The number of hydrogen-bond acceptors (Lipinski definition) is 2. The molecule has 3 nitrogen and oxygen atoms in total. The second-order valence-corrected chi connectivity index (χ2v) is 5.69. The van der Waals surface area contributed by atoms with Crippen molar-refractivity contribution in [3.05, 3.63) is 42.0 Å². The highest BCUT2D eigenvalue weighted by atomic mass is 19.1. The van der Waals surface area contributed by atoms with Crippen molar-refractivity contribution >= 4 is 11.0 Å². The zero-order valence-corrected chi connectivity index (χ0v) is 11.8. The Balaban J connectivity index is 2.10. The Kier molecular flexibility index (Phi) is 3.57. The number of imidazole rings is 1. The van der Waals surface area contributed by atoms with E-state index in [4.69, 9.17) is 4.98 Å². The average Bonchev–Trinajstić information content (AvgIpc) is 2.77. The Morgan fingerprint density at radius 3 is 3.10 bits per heavy atom. The van der Waals surface area contributed by atoms with Gasteiger partial charge in [0.2, 0.25) is 0 Å². The minimum atomic E-state index is -0.231. The summed E-state index contributed by atoms with van der Waals surface area (Å²) in [5, 5.41) is 3.42. The molecule has 1 N–H and O–H groups in total. The molecule has 1 atom stereocenters. The van der Waals surface area contributed by atoms with Crippen LogP contribution in [0, 0.1) is 5.82 Å². The number of nitrogens with one attached hydrogen (secondary N) is 1. The number of piperidine rings is 1. The summed E-state index contributed by atoms with van der Waals surface area (Å²) in [6.45, 7) is 8.78. The minimum Gasteiger partial charge on any atom is -0.324 e. The summed E-state index contributed by atoms with van der Waals surface area (Å²) in [7, 11) is 0. The number of hydrogen-bond donors (Lipinski definition) is 1. The Morgan fingerprint density at radius 2 is 2.40 bits per heavy atom. The van der Waals surface area contributed by atoms with Crippen LogP contribution in [-0.4, -0.2) is 22.6 Å². The van der Waals surface area contributed by atoms with E-state index >= 15 is 0 Å². The number of nitrogens with zero attached hydrogens (tertiary/aromatic N) is 2. The number of aromatic nitrogens is 2. The third-order valence-corrected chi connectivity index (χ3v) is 3.83. The SMILES string of the molecule is C=C(C)Cn1c(C2CCCNC2)nc2cc(F)ccc21. The largest absolute Gasteiger partial charge is 0.324 e. The quantitative estimate of drug-likeness (QED) is 0.870. The molecule has 0 bridgehead atoms. The van der Waals surface area contributed by atoms with Gasteiger partial charge in [-0.25, -0.2) is 9.37 Å². The van der Waals surface area contributed by atoms with Gasteiger partial charge in [-0.3, -0.25) is 0 Å². The van der Waals surface area contributed by atoms with Gasteiger partial charge in [0.25, 0.3) is 0 Å². The van der Waals surface area contributed by atoms with Crippen molar-refractivity contribution in [2.45, 2.75) is 32.2 Å². The number of halogens is 1. The first-order chi connectivity index (χ1) is 9.65. The molecule has 1 saturated heterocycles. The normalized spacial score (nSPS) is 19.4. The van der Waals surface area contributed by atoms with E-state index < -0.39 is 0 Å². The summed E-state index contributed by atoms with van der Waals surface area (Å²) >= 11 is 0. The van der Waals surface area contributed by atoms with Gasteiger partial charge in [-0.1, -0.05) is 12.2 Å². The van der Waals surface area contributed by atoms with E-state index in [0.717, 1.165) is 54.9 Å². The molecule has 1 unspecified atom stereocenters. The van der Waals surface area contributed by atoms with Gasteiger partial charge in [0, 0.05) is 25.1 Å². The van der Waals surface area contributed by atoms with Crippen LogP contribution in [0.5, 0.6) is 0 Å². The van der Waals surface area contributed by atoms with Gasteiger partial charge >= 0.3 is 0 Å². The molecule has 4 heteroatoms. The Hall–Kier alpha value is -1.68. The first-order valence-corrected chi connectivity index (χ1v) is 7.16. The van der Waals surface area contributed by atoms with Crippen LogP contribution < -0.4 is 5.32 Å². The molecule has 1 aromatic heterocycles. The molecule has 106 valence electrons. The monoisotopic (exact) mass is 273 g/mol. The molecule has 3 rings (SSSR count). The molecule has 1 aliphatic heterocycles. The van der Waals surface area contributed by atoms with Crippen LogP contribution in [0.4, 0.5) is 4.39 Å². The molecule has 20 heavy (non-hydrogen) atoms. The van der Waals surface area contributed by atoms with E-state index in [1.807, 2.05) is 13.0 Å². The lowest BCUT2D eigenvalue weighted by Crippen LogP contribution is -2.30. The molecule has 2 heterocycles. The summed E-state index contributed by atoms with van der Waals surface area (Å²) in [4.78, 5) is 4.69. The Labute approximate surface area is 118 Å².